The van der Waals surface area contributed by atoms with Crippen molar-refractivity contribution in [3.63, 3.8) is 0 Å². The molecule has 6 heteroatoms. The monoisotopic (exact) mass is 222 g/mol. The van der Waals surface area contributed by atoms with Gasteiger partial charge in [-0.05, 0) is 0 Å². The van der Waals surface area contributed by atoms with Crippen molar-refractivity contribution in [1.29, 1.82) is 0 Å². The molecular weight excluding hydrogens is 200 g/mol. The fraction of sp³-hybridized carbons (Fsp3) is 1.00. The van der Waals surface area contributed by atoms with Gasteiger partial charge in [-0.1, -0.05) is 0 Å². The number of hydrogen-bond donors (Lipinski definition) is 2. The lowest BCUT2D eigenvalue weighted by atomic mass is 10.7. The normalized spacial score (nSPS) is 10.8. The van der Waals surface area contributed by atoms with E-state index in [0.29, 0.717) is 52.7 Å². The molecule has 0 aliphatic heterocycles. The van der Waals surface area contributed by atoms with E-state index in [-0.39, 0.29) is 6.79 Å². The van der Waals surface area contributed by atoms with Crippen molar-refractivity contribution in [2.24, 2.45) is 11.5 Å². The van der Waals surface area contributed by atoms with Crippen LogP contribution >= 0.6 is 0 Å². The van der Waals surface area contributed by atoms with Crippen molar-refractivity contribution < 1.29 is 18.9 Å². The zero-order chi connectivity index (χ0) is 11.2. The maximum absolute atomic E-state index is 5.24. The first-order chi connectivity index (χ1) is 7.41. The Morgan fingerprint density at radius 1 is 0.533 bits per heavy atom. The molecular formula is C9H22N2O4. The zero-order valence-electron chi connectivity index (χ0n) is 9.15. The molecule has 0 radical (unpaired) electrons. The highest BCUT2D eigenvalue weighted by molar-refractivity contribution is 4.33. The summed E-state index contributed by atoms with van der Waals surface area (Å²) in [6, 6.07) is 0. The molecule has 0 atom stereocenters. The van der Waals surface area contributed by atoms with E-state index in [1.807, 2.05) is 0 Å². The second-order valence-electron chi connectivity index (χ2n) is 2.74. The minimum Gasteiger partial charge on any atom is -0.378 e. The first-order valence-corrected chi connectivity index (χ1v) is 5.13. The Morgan fingerprint density at radius 2 is 0.933 bits per heavy atom. The van der Waals surface area contributed by atoms with Gasteiger partial charge in [-0.2, -0.15) is 0 Å². The Kier molecular flexibility index (Phi) is 13.5. The van der Waals surface area contributed by atoms with Gasteiger partial charge in [0.2, 0.25) is 0 Å². The summed E-state index contributed by atoms with van der Waals surface area (Å²) in [7, 11) is 0. The zero-order valence-corrected chi connectivity index (χ0v) is 9.15. The van der Waals surface area contributed by atoms with Gasteiger partial charge in [-0.15, -0.1) is 0 Å². The van der Waals surface area contributed by atoms with Crippen LogP contribution < -0.4 is 11.5 Å². The molecule has 0 fully saturated rings. The number of nitrogens with two attached hydrogens (primary N) is 2. The average molecular weight is 222 g/mol. The fourth-order valence-electron chi connectivity index (χ4n) is 0.783. The van der Waals surface area contributed by atoms with Crippen LogP contribution in [0, 0.1) is 0 Å². The third kappa shape index (κ3) is 13.8. The van der Waals surface area contributed by atoms with Crippen LogP contribution in [-0.4, -0.2) is 59.5 Å². The molecule has 92 valence electrons. The lowest BCUT2D eigenvalue weighted by Gasteiger charge is -2.06. The average Bonchev–Trinajstić information content (AvgIpc) is 2.26. The summed E-state index contributed by atoms with van der Waals surface area (Å²) in [5, 5.41) is 0. The van der Waals surface area contributed by atoms with E-state index in [0.717, 1.165) is 0 Å². The Labute approximate surface area is 90.8 Å². The topological polar surface area (TPSA) is 89.0 Å². The van der Waals surface area contributed by atoms with Gasteiger partial charge in [0.15, 0.2) is 0 Å². The molecule has 15 heavy (non-hydrogen) atoms. The SMILES string of the molecule is NCCOCCOCOCCOCCN. The molecule has 0 unspecified atom stereocenters. The minimum atomic E-state index is 0.262. The van der Waals surface area contributed by atoms with Gasteiger partial charge in [-0.25, -0.2) is 0 Å². The molecule has 0 aliphatic carbocycles. The van der Waals surface area contributed by atoms with Gasteiger partial charge in [0.05, 0.1) is 39.6 Å². The fourth-order valence-corrected chi connectivity index (χ4v) is 0.783. The third-order valence-electron chi connectivity index (χ3n) is 1.44. The van der Waals surface area contributed by atoms with Crippen molar-refractivity contribution in [3.05, 3.63) is 0 Å². The van der Waals surface area contributed by atoms with Crippen LogP contribution in [0.1, 0.15) is 0 Å². The van der Waals surface area contributed by atoms with Crippen LogP contribution in [0.2, 0.25) is 0 Å². The summed E-state index contributed by atoms with van der Waals surface area (Å²) in [5.74, 6) is 0. The van der Waals surface area contributed by atoms with Gasteiger partial charge in [-0.3, -0.25) is 0 Å². The summed E-state index contributed by atoms with van der Waals surface area (Å²) in [4.78, 5) is 0. The van der Waals surface area contributed by atoms with Gasteiger partial charge in [0, 0.05) is 13.1 Å². The van der Waals surface area contributed by atoms with Crippen LogP contribution in [0.25, 0.3) is 0 Å². The van der Waals surface area contributed by atoms with Crippen molar-refractivity contribution >= 4 is 0 Å². The summed E-state index contributed by atoms with van der Waals surface area (Å²) >= 11 is 0. The second-order valence-corrected chi connectivity index (χ2v) is 2.74. The largest absolute Gasteiger partial charge is 0.378 e. The summed E-state index contributed by atoms with van der Waals surface area (Å²) in [6.45, 7) is 4.60. The highest BCUT2D eigenvalue weighted by atomic mass is 16.7. The molecule has 0 aromatic rings. The van der Waals surface area contributed by atoms with Gasteiger partial charge in [0.1, 0.15) is 6.79 Å². The molecule has 0 saturated heterocycles. The van der Waals surface area contributed by atoms with Crippen LogP contribution in [0.3, 0.4) is 0 Å². The smallest absolute Gasteiger partial charge is 0.146 e. The second kappa shape index (κ2) is 13.8. The molecule has 0 rings (SSSR count). The van der Waals surface area contributed by atoms with Crippen LogP contribution in [0.15, 0.2) is 0 Å². The summed E-state index contributed by atoms with van der Waals surface area (Å²) in [5.41, 5.74) is 10.5. The molecule has 4 N–H and O–H groups in total. The van der Waals surface area contributed by atoms with E-state index < -0.39 is 0 Å². The third-order valence-corrected chi connectivity index (χ3v) is 1.44. The van der Waals surface area contributed by atoms with Gasteiger partial charge >= 0.3 is 0 Å². The maximum atomic E-state index is 5.24. The van der Waals surface area contributed by atoms with Crippen molar-refractivity contribution in [2.75, 3.05) is 59.5 Å². The van der Waals surface area contributed by atoms with E-state index in [9.17, 15) is 0 Å². The molecule has 6 nitrogen and oxygen atoms in total. The number of rotatable bonds is 12. The first kappa shape index (κ1) is 14.8. The highest BCUT2D eigenvalue weighted by Crippen LogP contribution is 1.81. The highest BCUT2D eigenvalue weighted by Gasteiger charge is 1.90. The Balaban J connectivity index is 2.81. The van der Waals surface area contributed by atoms with Crippen LogP contribution in [0.4, 0.5) is 0 Å². The number of hydrogen-bond acceptors (Lipinski definition) is 6. The summed E-state index contributed by atoms with van der Waals surface area (Å²) in [6.07, 6.45) is 0. The standard InChI is InChI=1S/C9H22N2O4/c10-1-3-12-5-7-14-9-15-8-6-13-4-2-11/h1-11H2. The molecule has 0 heterocycles. The number of ether oxygens (including phenoxy) is 4. The molecule has 0 spiro atoms. The Hall–Kier alpha value is -0.240. The predicted molar refractivity (Wildman–Crippen MR) is 56.5 cm³/mol. The molecule has 0 saturated carbocycles. The van der Waals surface area contributed by atoms with E-state index in [1.165, 1.54) is 0 Å². The van der Waals surface area contributed by atoms with Gasteiger partial charge in [0.25, 0.3) is 0 Å². The Morgan fingerprint density at radius 3 is 1.33 bits per heavy atom. The van der Waals surface area contributed by atoms with E-state index >= 15 is 0 Å². The quantitative estimate of drug-likeness (QED) is 0.323. The Bertz CT molecular complexity index is 104. The lowest BCUT2D eigenvalue weighted by Crippen LogP contribution is -2.15. The predicted octanol–water partition coefficient (Wildman–Crippen LogP) is -1.07. The van der Waals surface area contributed by atoms with Crippen LogP contribution in [0.5, 0.6) is 0 Å². The minimum absolute atomic E-state index is 0.262. The molecule has 0 amide bonds. The van der Waals surface area contributed by atoms with Gasteiger partial charge < -0.3 is 30.4 Å². The van der Waals surface area contributed by atoms with Crippen molar-refractivity contribution in [1.82, 2.24) is 0 Å². The first-order valence-electron chi connectivity index (χ1n) is 5.13. The molecule has 0 aromatic heterocycles. The van der Waals surface area contributed by atoms with E-state index in [1.54, 1.807) is 0 Å². The maximum Gasteiger partial charge on any atom is 0.146 e. The van der Waals surface area contributed by atoms with Crippen molar-refractivity contribution in [3.8, 4) is 0 Å². The molecule has 0 aromatic carbocycles. The molecule has 0 bridgehead atoms. The van der Waals surface area contributed by atoms with Crippen LogP contribution in [-0.2, 0) is 18.9 Å². The molecule has 0 aliphatic rings. The summed E-state index contributed by atoms with van der Waals surface area (Å²) < 4.78 is 20.4. The lowest BCUT2D eigenvalue weighted by molar-refractivity contribution is -0.0806. The van der Waals surface area contributed by atoms with Crippen molar-refractivity contribution in [2.45, 2.75) is 0 Å². The van der Waals surface area contributed by atoms with E-state index in [2.05, 4.69) is 0 Å². The van der Waals surface area contributed by atoms with E-state index in [4.69, 9.17) is 30.4 Å².